The summed E-state index contributed by atoms with van der Waals surface area (Å²) in [7, 11) is 0. The number of benzene rings is 2. The highest BCUT2D eigenvalue weighted by Gasteiger charge is 2.26. The lowest BCUT2D eigenvalue weighted by atomic mass is 10.2. The number of anilines is 2. The minimum absolute atomic E-state index is 0.0721. The number of halogens is 2. The quantitative estimate of drug-likeness (QED) is 0.728. The van der Waals surface area contributed by atoms with Crippen LogP contribution in [-0.2, 0) is 9.59 Å². The zero-order chi connectivity index (χ0) is 20.8. The first-order chi connectivity index (χ1) is 13.9. The summed E-state index contributed by atoms with van der Waals surface area (Å²) in [5, 5.41) is 6.84. The van der Waals surface area contributed by atoms with Crippen LogP contribution in [0.15, 0.2) is 48.5 Å². The maximum atomic E-state index is 12.5. The van der Waals surface area contributed by atoms with E-state index < -0.39 is 0 Å². The second-order valence-corrected chi connectivity index (χ2v) is 7.86. The van der Waals surface area contributed by atoms with E-state index in [4.69, 9.17) is 23.2 Å². The van der Waals surface area contributed by atoms with E-state index >= 15 is 0 Å². The van der Waals surface area contributed by atoms with E-state index in [1.54, 1.807) is 30.3 Å². The molecule has 6 nitrogen and oxygen atoms in total. The molecular weight excluding hydrogens is 411 g/mol. The van der Waals surface area contributed by atoms with Crippen LogP contribution in [0.1, 0.15) is 6.92 Å². The molecule has 0 saturated carbocycles. The van der Waals surface area contributed by atoms with Gasteiger partial charge < -0.3 is 10.6 Å². The topological polar surface area (TPSA) is 64.7 Å². The van der Waals surface area contributed by atoms with Crippen molar-refractivity contribution in [2.45, 2.75) is 13.0 Å². The summed E-state index contributed by atoms with van der Waals surface area (Å²) in [6.07, 6.45) is 0. The molecule has 0 spiro atoms. The number of hydrogen-bond donors (Lipinski definition) is 2. The van der Waals surface area contributed by atoms with E-state index in [1.165, 1.54) is 0 Å². The highest BCUT2D eigenvalue weighted by Crippen LogP contribution is 2.20. The minimum Gasteiger partial charge on any atom is -0.325 e. The van der Waals surface area contributed by atoms with Crippen molar-refractivity contribution in [1.29, 1.82) is 0 Å². The number of nitrogens with zero attached hydrogens (tertiary/aromatic N) is 2. The van der Waals surface area contributed by atoms with Gasteiger partial charge in [-0.1, -0.05) is 41.4 Å². The summed E-state index contributed by atoms with van der Waals surface area (Å²) in [6, 6.07) is 14.0. The molecule has 0 bridgehead atoms. The molecule has 29 heavy (non-hydrogen) atoms. The molecular formula is C21H24Cl2N4O2. The van der Waals surface area contributed by atoms with Gasteiger partial charge in [0.25, 0.3) is 0 Å². The Hall–Kier alpha value is -2.12. The number of carbonyl (C=O) groups is 2. The standard InChI is InChI=1S/C21H24Cl2N4O2/c1-15(21(29)24-17-6-4-5-16(22)13-17)27-11-9-26(10-12-27)14-20(28)25-19-8-3-2-7-18(19)23/h2-8,13,15H,9-12,14H2,1H3,(H,24,29)(H,25,28). The molecule has 8 heteroatoms. The third-order valence-electron chi connectivity index (χ3n) is 4.94. The van der Waals surface area contributed by atoms with Crippen LogP contribution in [0.4, 0.5) is 11.4 Å². The Morgan fingerprint density at radius 3 is 2.41 bits per heavy atom. The lowest BCUT2D eigenvalue weighted by molar-refractivity contribution is -0.122. The summed E-state index contributed by atoms with van der Waals surface area (Å²) >= 11 is 12.0. The Balaban J connectivity index is 1.45. The Kier molecular flexibility index (Phi) is 7.50. The summed E-state index contributed by atoms with van der Waals surface area (Å²) in [6.45, 7) is 5.03. The lowest BCUT2D eigenvalue weighted by Gasteiger charge is -2.37. The highest BCUT2D eigenvalue weighted by molar-refractivity contribution is 6.33. The number of carbonyl (C=O) groups excluding carboxylic acids is 2. The summed E-state index contributed by atoms with van der Waals surface area (Å²) < 4.78 is 0. The van der Waals surface area contributed by atoms with Gasteiger partial charge in [-0.3, -0.25) is 19.4 Å². The highest BCUT2D eigenvalue weighted by atomic mass is 35.5. The second-order valence-electron chi connectivity index (χ2n) is 7.02. The normalized spacial score (nSPS) is 16.2. The molecule has 1 heterocycles. The Morgan fingerprint density at radius 1 is 1.00 bits per heavy atom. The van der Waals surface area contributed by atoms with E-state index in [0.29, 0.717) is 54.1 Å². The molecule has 1 unspecified atom stereocenters. The molecule has 2 aromatic carbocycles. The summed E-state index contributed by atoms with van der Waals surface area (Å²) in [4.78, 5) is 29.0. The SMILES string of the molecule is CC(C(=O)Nc1cccc(Cl)c1)N1CCN(CC(=O)Nc2ccccc2Cl)CC1. The Bertz CT molecular complexity index is 869. The fourth-order valence-electron chi connectivity index (χ4n) is 3.24. The predicted octanol–water partition coefficient (Wildman–Crippen LogP) is 3.58. The number of nitrogens with one attached hydrogen (secondary N) is 2. The van der Waals surface area contributed by atoms with Gasteiger partial charge in [0, 0.05) is 36.9 Å². The van der Waals surface area contributed by atoms with E-state index in [2.05, 4.69) is 20.4 Å². The number of rotatable bonds is 6. The van der Waals surface area contributed by atoms with Gasteiger partial charge >= 0.3 is 0 Å². The first-order valence-corrected chi connectivity index (χ1v) is 10.2. The van der Waals surface area contributed by atoms with Crippen LogP contribution in [-0.4, -0.2) is 60.4 Å². The maximum Gasteiger partial charge on any atom is 0.241 e. The van der Waals surface area contributed by atoms with Crippen molar-refractivity contribution in [3.05, 3.63) is 58.6 Å². The molecule has 1 aliphatic rings. The van der Waals surface area contributed by atoms with Crippen molar-refractivity contribution in [3.63, 3.8) is 0 Å². The van der Waals surface area contributed by atoms with E-state index in [1.807, 2.05) is 25.1 Å². The molecule has 0 aliphatic carbocycles. The average molecular weight is 435 g/mol. The molecule has 0 aromatic heterocycles. The van der Waals surface area contributed by atoms with Gasteiger partial charge in [-0.2, -0.15) is 0 Å². The monoisotopic (exact) mass is 434 g/mol. The van der Waals surface area contributed by atoms with Gasteiger partial charge in [0.05, 0.1) is 23.3 Å². The zero-order valence-corrected chi connectivity index (χ0v) is 17.7. The number of para-hydroxylation sites is 1. The van der Waals surface area contributed by atoms with Crippen LogP contribution in [0.2, 0.25) is 10.0 Å². The molecule has 1 fully saturated rings. The summed E-state index contributed by atoms with van der Waals surface area (Å²) in [5.41, 5.74) is 1.30. The van der Waals surface area contributed by atoms with E-state index in [9.17, 15) is 9.59 Å². The lowest BCUT2D eigenvalue weighted by Crippen LogP contribution is -2.53. The van der Waals surface area contributed by atoms with E-state index in [0.717, 1.165) is 0 Å². The third kappa shape index (κ3) is 6.18. The third-order valence-corrected chi connectivity index (χ3v) is 5.51. The van der Waals surface area contributed by atoms with Crippen molar-refractivity contribution < 1.29 is 9.59 Å². The van der Waals surface area contributed by atoms with Gasteiger partial charge in [0.15, 0.2) is 0 Å². The molecule has 3 rings (SSSR count). The largest absolute Gasteiger partial charge is 0.325 e. The van der Waals surface area contributed by atoms with Crippen molar-refractivity contribution in [3.8, 4) is 0 Å². The number of piperazine rings is 1. The fraction of sp³-hybridized carbons (Fsp3) is 0.333. The fourth-order valence-corrected chi connectivity index (χ4v) is 3.62. The van der Waals surface area contributed by atoms with Crippen molar-refractivity contribution >= 4 is 46.4 Å². The van der Waals surface area contributed by atoms with Crippen molar-refractivity contribution in [1.82, 2.24) is 9.80 Å². The van der Waals surface area contributed by atoms with Crippen LogP contribution in [0.3, 0.4) is 0 Å². The van der Waals surface area contributed by atoms with E-state index in [-0.39, 0.29) is 17.9 Å². The Labute approximate surface area is 180 Å². The first-order valence-electron chi connectivity index (χ1n) is 9.49. The van der Waals surface area contributed by atoms with Crippen LogP contribution < -0.4 is 10.6 Å². The molecule has 154 valence electrons. The first kappa shape index (κ1) is 21.6. The molecule has 2 aromatic rings. The van der Waals surface area contributed by atoms with Crippen LogP contribution in [0.25, 0.3) is 0 Å². The van der Waals surface area contributed by atoms with Gasteiger partial charge in [0.1, 0.15) is 0 Å². The average Bonchev–Trinajstić information content (AvgIpc) is 2.70. The van der Waals surface area contributed by atoms with Crippen LogP contribution in [0.5, 0.6) is 0 Å². The van der Waals surface area contributed by atoms with Crippen molar-refractivity contribution in [2.75, 3.05) is 43.4 Å². The number of hydrogen-bond acceptors (Lipinski definition) is 4. The maximum absolute atomic E-state index is 12.5. The number of amides is 2. The predicted molar refractivity (Wildman–Crippen MR) is 118 cm³/mol. The zero-order valence-electron chi connectivity index (χ0n) is 16.2. The minimum atomic E-state index is -0.270. The molecule has 1 aliphatic heterocycles. The van der Waals surface area contributed by atoms with Crippen molar-refractivity contribution in [2.24, 2.45) is 0 Å². The molecule has 0 radical (unpaired) electrons. The van der Waals surface area contributed by atoms with Crippen LogP contribution in [0, 0.1) is 0 Å². The molecule has 1 saturated heterocycles. The second kappa shape index (κ2) is 10.1. The molecule has 2 amide bonds. The van der Waals surface area contributed by atoms with Crippen LogP contribution >= 0.6 is 23.2 Å². The van der Waals surface area contributed by atoms with Gasteiger partial charge in [-0.25, -0.2) is 0 Å². The Morgan fingerprint density at radius 2 is 1.72 bits per heavy atom. The summed E-state index contributed by atoms with van der Waals surface area (Å²) in [5.74, 6) is -0.171. The van der Waals surface area contributed by atoms with Gasteiger partial charge in [-0.15, -0.1) is 0 Å². The smallest absolute Gasteiger partial charge is 0.241 e. The van der Waals surface area contributed by atoms with Gasteiger partial charge in [-0.05, 0) is 37.3 Å². The van der Waals surface area contributed by atoms with Gasteiger partial charge in [0.2, 0.25) is 11.8 Å². The molecule has 2 N–H and O–H groups in total. The molecule has 1 atom stereocenters.